The highest BCUT2D eigenvalue weighted by Crippen LogP contribution is 2.45. The average Bonchev–Trinajstić information content (AvgIpc) is 3.34. The van der Waals surface area contributed by atoms with Crippen LogP contribution in [0.4, 0.5) is 0 Å². The maximum atomic E-state index is 12.6. The molecule has 0 aliphatic heterocycles. The molecule has 1 aliphatic rings. The number of carbonyl (C=O) groups is 2. The summed E-state index contributed by atoms with van der Waals surface area (Å²) in [4.78, 5) is 23.8. The molecule has 1 unspecified atom stereocenters. The molecule has 2 aromatic rings. The second kappa shape index (κ2) is 6.39. The molecule has 0 spiro atoms. The standard InChI is InChI=1S/C20H24N2O3/c1-13-11-17(18(23)21-12-20(9-10-20)19(24)25)15(3)22(13)14(2)16-7-5-4-6-8-16/h4-8,11,14H,9-10,12H2,1-3H3,(H,21,23)(H,24,25). The Balaban J connectivity index is 1.80. The monoisotopic (exact) mass is 340 g/mol. The van der Waals surface area contributed by atoms with Crippen molar-refractivity contribution in [3.63, 3.8) is 0 Å². The smallest absolute Gasteiger partial charge is 0.311 e. The molecule has 1 aliphatic carbocycles. The van der Waals surface area contributed by atoms with Gasteiger partial charge in [-0.25, -0.2) is 0 Å². The van der Waals surface area contributed by atoms with Crippen molar-refractivity contribution in [3.05, 3.63) is 58.9 Å². The molecule has 1 fully saturated rings. The lowest BCUT2D eigenvalue weighted by molar-refractivity contribution is -0.143. The largest absolute Gasteiger partial charge is 0.481 e. The van der Waals surface area contributed by atoms with Crippen molar-refractivity contribution < 1.29 is 14.7 Å². The van der Waals surface area contributed by atoms with Gasteiger partial charge in [0, 0.05) is 17.9 Å². The Morgan fingerprint density at radius 2 is 1.88 bits per heavy atom. The molecule has 0 saturated heterocycles. The zero-order chi connectivity index (χ0) is 18.2. The van der Waals surface area contributed by atoms with Gasteiger partial charge in [0.15, 0.2) is 0 Å². The SMILES string of the molecule is Cc1cc(C(=O)NCC2(C(=O)O)CC2)c(C)n1C(C)c1ccccc1. The molecule has 1 amide bonds. The number of benzene rings is 1. The maximum Gasteiger partial charge on any atom is 0.311 e. The fourth-order valence-electron chi connectivity index (χ4n) is 3.45. The van der Waals surface area contributed by atoms with Gasteiger partial charge in [0.2, 0.25) is 0 Å². The molecule has 1 aromatic heterocycles. The molecule has 25 heavy (non-hydrogen) atoms. The van der Waals surface area contributed by atoms with Crippen molar-refractivity contribution >= 4 is 11.9 Å². The van der Waals surface area contributed by atoms with E-state index in [9.17, 15) is 14.7 Å². The molecule has 3 rings (SSSR count). The quantitative estimate of drug-likeness (QED) is 0.847. The molecule has 132 valence electrons. The van der Waals surface area contributed by atoms with Crippen molar-refractivity contribution in [3.8, 4) is 0 Å². The van der Waals surface area contributed by atoms with Crippen LogP contribution < -0.4 is 5.32 Å². The number of rotatable bonds is 6. The maximum absolute atomic E-state index is 12.6. The van der Waals surface area contributed by atoms with Crippen LogP contribution >= 0.6 is 0 Å². The van der Waals surface area contributed by atoms with Crippen LogP contribution in [0, 0.1) is 19.3 Å². The summed E-state index contributed by atoms with van der Waals surface area (Å²) < 4.78 is 2.15. The third kappa shape index (κ3) is 3.18. The fourth-order valence-corrected chi connectivity index (χ4v) is 3.45. The topological polar surface area (TPSA) is 71.3 Å². The van der Waals surface area contributed by atoms with E-state index in [1.165, 1.54) is 5.56 Å². The van der Waals surface area contributed by atoms with E-state index in [2.05, 4.69) is 28.9 Å². The number of carbonyl (C=O) groups excluding carboxylic acids is 1. The highest BCUT2D eigenvalue weighted by molar-refractivity contribution is 5.96. The van der Waals surface area contributed by atoms with E-state index in [0.29, 0.717) is 18.4 Å². The highest BCUT2D eigenvalue weighted by atomic mass is 16.4. The summed E-state index contributed by atoms with van der Waals surface area (Å²) in [5.41, 5.74) is 2.95. The van der Waals surface area contributed by atoms with E-state index in [0.717, 1.165) is 11.4 Å². The van der Waals surface area contributed by atoms with Crippen molar-refractivity contribution in [2.24, 2.45) is 5.41 Å². The number of hydrogen-bond donors (Lipinski definition) is 2. The molecule has 5 heteroatoms. The minimum atomic E-state index is -0.823. The van der Waals surface area contributed by atoms with Gasteiger partial charge in [-0.1, -0.05) is 30.3 Å². The Labute approximate surface area is 147 Å². The summed E-state index contributed by atoms with van der Waals surface area (Å²) in [7, 11) is 0. The minimum Gasteiger partial charge on any atom is -0.481 e. The first-order valence-corrected chi connectivity index (χ1v) is 8.61. The van der Waals surface area contributed by atoms with Crippen molar-refractivity contribution in [1.82, 2.24) is 9.88 Å². The number of hydrogen-bond acceptors (Lipinski definition) is 2. The number of carboxylic acids is 1. The van der Waals surface area contributed by atoms with Crippen LogP contribution in [0.3, 0.4) is 0 Å². The number of nitrogens with one attached hydrogen (secondary N) is 1. The van der Waals surface area contributed by atoms with E-state index in [1.54, 1.807) is 0 Å². The minimum absolute atomic E-state index is 0.122. The summed E-state index contributed by atoms with van der Waals surface area (Å²) in [6.45, 7) is 6.23. The van der Waals surface area contributed by atoms with E-state index in [1.807, 2.05) is 38.1 Å². The first-order chi connectivity index (χ1) is 11.9. The number of aliphatic carboxylic acids is 1. The third-order valence-electron chi connectivity index (χ3n) is 5.29. The lowest BCUT2D eigenvalue weighted by atomic mass is 10.1. The van der Waals surface area contributed by atoms with E-state index in [4.69, 9.17) is 0 Å². The Bertz CT molecular complexity index is 804. The first kappa shape index (κ1) is 17.3. The fraction of sp³-hybridized carbons (Fsp3) is 0.400. The average molecular weight is 340 g/mol. The number of carboxylic acid groups (broad SMARTS) is 1. The second-order valence-electron chi connectivity index (χ2n) is 7.01. The van der Waals surface area contributed by atoms with Gasteiger partial charge in [-0.15, -0.1) is 0 Å². The summed E-state index contributed by atoms with van der Waals surface area (Å²) in [5, 5.41) is 12.0. The van der Waals surface area contributed by atoms with Crippen LogP contribution in [-0.4, -0.2) is 28.1 Å². The van der Waals surface area contributed by atoms with Crippen LogP contribution in [0.2, 0.25) is 0 Å². The van der Waals surface area contributed by atoms with Gasteiger partial charge in [-0.2, -0.15) is 0 Å². The van der Waals surface area contributed by atoms with Crippen LogP contribution in [0.15, 0.2) is 36.4 Å². The van der Waals surface area contributed by atoms with Gasteiger partial charge < -0.3 is 15.0 Å². The van der Waals surface area contributed by atoms with Gasteiger partial charge in [-0.05, 0) is 45.2 Å². The van der Waals surface area contributed by atoms with E-state index < -0.39 is 11.4 Å². The van der Waals surface area contributed by atoms with Crippen LogP contribution in [-0.2, 0) is 4.79 Å². The molecule has 1 heterocycles. The van der Waals surface area contributed by atoms with Crippen LogP contribution in [0.1, 0.15) is 53.1 Å². The Hall–Kier alpha value is -2.56. The van der Waals surface area contributed by atoms with Gasteiger partial charge in [-0.3, -0.25) is 9.59 Å². The van der Waals surface area contributed by atoms with E-state index >= 15 is 0 Å². The molecular formula is C20H24N2O3. The molecule has 2 N–H and O–H groups in total. The van der Waals surface area contributed by atoms with Crippen LogP contribution in [0.25, 0.3) is 0 Å². The number of aryl methyl sites for hydroxylation is 1. The predicted octanol–water partition coefficient (Wildman–Crippen LogP) is 3.31. The normalized spacial score (nSPS) is 16.3. The van der Waals surface area contributed by atoms with Gasteiger partial charge in [0.05, 0.1) is 17.0 Å². The van der Waals surface area contributed by atoms with Gasteiger partial charge in [0.1, 0.15) is 0 Å². The summed E-state index contributed by atoms with van der Waals surface area (Å²) in [5.74, 6) is -1.02. The lowest BCUT2D eigenvalue weighted by Gasteiger charge is -2.19. The molecule has 5 nitrogen and oxygen atoms in total. The first-order valence-electron chi connectivity index (χ1n) is 8.61. The molecule has 0 radical (unpaired) electrons. The van der Waals surface area contributed by atoms with Gasteiger partial charge in [0.25, 0.3) is 5.91 Å². The molecular weight excluding hydrogens is 316 g/mol. The third-order valence-corrected chi connectivity index (χ3v) is 5.29. The Kier molecular flexibility index (Phi) is 4.41. The molecule has 1 saturated carbocycles. The Morgan fingerprint density at radius 1 is 1.24 bits per heavy atom. The van der Waals surface area contributed by atoms with E-state index in [-0.39, 0.29) is 18.5 Å². The zero-order valence-electron chi connectivity index (χ0n) is 14.9. The zero-order valence-corrected chi connectivity index (χ0v) is 14.9. The van der Waals surface area contributed by atoms with Crippen molar-refractivity contribution in [1.29, 1.82) is 0 Å². The molecule has 1 atom stereocenters. The number of nitrogens with zero attached hydrogens (tertiary/aromatic N) is 1. The predicted molar refractivity (Wildman–Crippen MR) is 95.8 cm³/mol. The van der Waals surface area contributed by atoms with Crippen LogP contribution in [0.5, 0.6) is 0 Å². The second-order valence-corrected chi connectivity index (χ2v) is 7.01. The Morgan fingerprint density at radius 3 is 2.44 bits per heavy atom. The number of amides is 1. The molecule has 1 aromatic carbocycles. The summed E-state index contributed by atoms with van der Waals surface area (Å²) >= 11 is 0. The number of aromatic nitrogens is 1. The van der Waals surface area contributed by atoms with Crippen molar-refractivity contribution in [2.75, 3.05) is 6.54 Å². The van der Waals surface area contributed by atoms with Gasteiger partial charge >= 0.3 is 5.97 Å². The molecule has 0 bridgehead atoms. The van der Waals surface area contributed by atoms with Crippen molar-refractivity contribution in [2.45, 2.75) is 39.7 Å². The summed E-state index contributed by atoms with van der Waals surface area (Å²) in [6.07, 6.45) is 1.26. The lowest BCUT2D eigenvalue weighted by Crippen LogP contribution is -2.34. The summed E-state index contributed by atoms with van der Waals surface area (Å²) in [6, 6.07) is 12.2. The highest BCUT2D eigenvalue weighted by Gasteiger charge is 2.50.